The number of halogens is 2. The SMILES string of the molecule is Cc1cc(C)cc(CC(NN)c2ccc(F)c(Cl)c2)c1. The second-order valence-corrected chi connectivity index (χ2v) is 5.50. The molecule has 0 spiro atoms. The van der Waals surface area contributed by atoms with E-state index >= 15 is 0 Å². The molecule has 106 valence electrons. The van der Waals surface area contributed by atoms with Crippen LogP contribution in [0.15, 0.2) is 36.4 Å². The maximum absolute atomic E-state index is 13.2. The van der Waals surface area contributed by atoms with Gasteiger partial charge in [0.25, 0.3) is 0 Å². The van der Waals surface area contributed by atoms with Crippen molar-refractivity contribution in [3.63, 3.8) is 0 Å². The predicted octanol–water partition coefficient (Wildman–Crippen LogP) is 3.84. The molecule has 0 aliphatic heterocycles. The fraction of sp³-hybridized carbons (Fsp3) is 0.250. The van der Waals surface area contributed by atoms with Gasteiger partial charge in [-0.15, -0.1) is 0 Å². The monoisotopic (exact) mass is 292 g/mol. The minimum Gasteiger partial charge on any atom is -0.271 e. The van der Waals surface area contributed by atoms with Gasteiger partial charge in [0.15, 0.2) is 0 Å². The lowest BCUT2D eigenvalue weighted by Crippen LogP contribution is -2.29. The summed E-state index contributed by atoms with van der Waals surface area (Å²) < 4.78 is 13.2. The lowest BCUT2D eigenvalue weighted by molar-refractivity contribution is 0.549. The molecule has 0 bridgehead atoms. The van der Waals surface area contributed by atoms with E-state index in [-0.39, 0.29) is 11.1 Å². The Kier molecular flexibility index (Phi) is 4.76. The van der Waals surface area contributed by atoms with E-state index in [1.165, 1.54) is 22.8 Å². The first-order valence-corrected chi connectivity index (χ1v) is 6.85. The van der Waals surface area contributed by atoms with Gasteiger partial charge in [-0.3, -0.25) is 11.3 Å². The topological polar surface area (TPSA) is 38.0 Å². The standard InChI is InChI=1S/C16H18ClFN2/c1-10-5-11(2)7-12(6-10)8-16(20-19)13-3-4-15(18)14(17)9-13/h3-7,9,16,20H,8,19H2,1-2H3. The minimum absolute atomic E-state index is 0.103. The lowest BCUT2D eigenvalue weighted by Gasteiger charge is -2.17. The van der Waals surface area contributed by atoms with E-state index in [1.807, 2.05) is 0 Å². The molecule has 1 atom stereocenters. The maximum Gasteiger partial charge on any atom is 0.141 e. The van der Waals surface area contributed by atoms with Gasteiger partial charge in [-0.1, -0.05) is 47.0 Å². The fourth-order valence-electron chi connectivity index (χ4n) is 2.42. The zero-order valence-electron chi connectivity index (χ0n) is 11.6. The van der Waals surface area contributed by atoms with Crippen molar-refractivity contribution >= 4 is 11.6 Å². The molecule has 1 unspecified atom stereocenters. The van der Waals surface area contributed by atoms with Crippen LogP contribution in [0.25, 0.3) is 0 Å². The third-order valence-corrected chi connectivity index (χ3v) is 3.56. The van der Waals surface area contributed by atoms with Gasteiger partial charge in [0.1, 0.15) is 5.82 Å². The van der Waals surface area contributed by atoms with Crippen LogP contribution in [0.1, 0.15) is 28.3 Å². The van der Waals surface area contributed by atoms with Crippen LogP contribution in [-0.2, 0) is 6.42 Å². The fourth-order valence-corrected chi connectivity index (χ4v) is 2.61. The number of benzene rings is 2. The van der Waals surface area contributed by atoms with Crippen molar-refractivity contribution in [2.45, 2.75) is 26.3 Å². The quantitative estimate of drug-likeness (QED) is 0.664. The van der Waals surface area contributed by atoms with E-state index < -0.39 is 5.82 Å². The van der Waals surface area contributed by atoms with E-state index in [0.717, 1.165) is 12.0 Å². The molecule has 2 nitrogen and oxygen atoms in total. The van der Waals surface area contributed by atoms with Crippen LogP contribution in [0.4, 0.5) is 4.39 Å². The van der Waals surface area contributed by atoms with E-state index in [4.69, 9.17) is 17.4 Å². The third-order valence-electron chi connectivity index (χ3n) is 3.27. The highest BCUT2D eigenvalue weighted by Crippen LogP contribution is 2.24. The molecule has 0 saturated carbocycles. The molecule has 3 N–H and O–H groups in total. The predicted molar refractivity (Wildman–Crippen MR) is 81.1 cm³/mol. The molecular weight excluding hydrogens is 275 g/mol. The third kappa shape index (κ3) is 3.57. The number of hydrazine groups is 1. The van der Waals surface area contributed by atoms with Gasteiger partial charge in [0.05, 0.1) is 11.1 Å². The van der Waals surface area contributed by atoms with Crippen molar-refractivity contribution in [3.05, 3.63) is 69.5 Å². The number of hydrogen-bond acceptors (Lipinski definition) is 2. The Hall–Kier alpha value is -1.42. The zero-order chi connectivity index (χ0) is 14.7. The highest BCUT2D eigenvalue weighted by atomic mass is 35.5. The second-order valence-electron chi connectivity index (χ2n) is 5.09. The van der Waals surface area contributed by atoms with Gasteiger partial charge < -0.3 is 0 Å². The van der Waals surface area contributed by atoms with Gasteiger partial charge in [-0.2, -0.15) is 0 Å². The van der Waals surface area contributed by atoms with E-state index in [0.29, 0.717) is 0 Å². The van der Waals surface area contributed by atoms with Gasteiger partial charge >= 0.3 is 0 Å². The van der Waals surface area contributed by atoms with E-state index in [1.54, 1.807) is 12.1 Å². The molecule has 2 aromatic carbocycles. The normalized spacial score (nSPS) is 12.4. The lowest BCUT2D eigenvalue weighted by atomic mass is 9.97. The zero-order valence-corrected chi connectivity index (χ0v) is 12.3. The molecular formula is C16H18ClFN2. The molecule has 0 heterocycles. The largest absolute Gasteiger partial charge is 0.271 e. The average molecular weight is 293 g/mol. The molecule has 0 saturated heterocycles. The summed E-state index contributed by atoms with van der Waals surface area (Å²) in [6, 6.07) is 11.0. The first-order valence-electron chi connectivity index (χ1n) is 6.48. The molecule has 0 radical (unpaired) electrons. The van der Waals surface area contributed by atoms with Crippen LogP contribution < -0.4 is 11.3 Å². The number of rotatable bonds is 4. The van der Waals surface area contributed by atoms with Gasteiger partial charge in [0.2, 0.25) is 0 Å². The molecule has 0 fully saturated rings. The second kappa shape index (κ2) is 6.35. The minimum atomic E-state index is -0.419. The summed E-state index contributed by atoms with van der Waals surface area (Å²) in [6.07, 6.45) is 0.723. The molecule has 0 aromatic heterocycles. The van der Waals surface area contributed by atoms with Gasteiger partial charge in [-0.05, 0) is 43.5 Å². The maximum atomic E-state index is 13.2. The van der Waals surface area contributed by atoms with Crippen LogP contribution in [0, 0.1) is 19.7 Å². The van der Waals surface area contributed by atoms with Crippen LogP contribution in [0.5, 0.6) is 0 Å². The Morgan fingerprint density at radius 2 is 1.80 bits per heavy atom. The van der Waals surface area contributed by atoms with Crippen molar-refractivity contribution in [2.24, 2.45) is 5.84 Å². The Labute approximate surface area is 123 Å². The first kappa shape index (κ1) is 15.0. The summed E-state index contributed by atoms with van der Waals surface area (Å²) in [4.78, 5) is 0. The molecule has 4 heteroatoms. The first-order chi connectivity index (χ1) is 9.49. The van der Waals surface area contributed by atoms with Gasteiger partial charge in [-0.25, -0.2) is 4.39 Å². The molecule has 0 aliphatic rings. The summed E-state index contributed by atoms with van der Waals surface area (Å²) in [5, 5.41) is 0.114. The summed E-state index contributed by atoms with van der Waals surface area (Å²) in [5.41, 5.74) is 7.26. The molecule has 0 amide bonds. The summed E-state index contributed by atoms with van der Waals surface area (Å²) in [7, 11) is 0. The summed E-state index contributed by atoms with van der Waals surface area (Å²) in [5.74, 6) is 5.21. The van der Waals surface area contributed by atoms with Crippen molar-refractivity contribution in [1.82, 2.24) is 5.43 Å². The Bertz CT molecular complexity index is 593. The van der Waals surface area contributed by atoms with Crippen molar-refractivity contribution < 1.29 is 4.39 Å². The Morgan fingerprint density at radius 1 is 1.15 bits per heavy atom. The van der Waals surface area contributed by atoms with Crippen LogP contribution in [-0.4, -0.2) is 0 Å². The van der Waals surface area contributed by atoms with E-state index in [2.05, 4.69) is 37.5 Å². The van der Waals surface area contributed by atoms with Crippen LogP contribution in [0.3, 0.4) is 0 Å². The number of hydrogen-bond donors (Lipinski definition) is 2. The number of aryl methyl sites for hydroxylation is 2. The Morgan fingerprint density at radius 3 is 2.35 bits per heavy atom. The number of nitrogens with one attached hydrogen (secondary N) is 1. The van der Waals surface area contributed by atoms with Crippen LogP contribution >= 0.6 is 11.6 Å². The smallest absolute Gasteiger partial charge is 0.141 e. The molecule has 0 aliphatic carbocycles. The van der Waals surface area contributed by atoms with Crippen molar-refractivity contribution in [2.75, 3.05) is 0 Å². The average Bonchev–Trinajstić information content (AvgIpc) is 2.38. The van der Waals surface area contributed by atoms with E-state index in [9.17, 15) is 4.39 Å². The molecule has 2 aromatic rings. The van der Waals surface area contributed by atoms with Crippen LogP contribution in [0.2, 0.25) is 5.02 Å². The van der Waals surface area contributed by atoms with Crippen molar-refractivity contribution in [1.29, 1.82) is 0 Å². The number of nitrogens with two attached hydrogens (primary N) is 1. The summed E-state index contributed by atoms with van der Waals surface area (Å²) in [6.45, 7) is 4.13. The molecule has 20 heavy (non-hydrogen) atoms. The highest BCUT2D eigenvalue weighted by Gasteiger charge is 2.13. The molecule has 2 rings (SSSR count). The van der Waals surface area contributed by atoms with Crippen molar-refractivity contribution in [3.8, 4) is 0 Å². The summed E-state index contributed by atoms with van der Waals surface area (Å²) >= 11 is 5.82. The highest BCUT2D eigenvalue weighted by molar-refractivity contribution is 6.30. The Balaban J connectivity index is 2.26. The van der Waals surface area contributed by atoms with Gasteiger partial charge in [0, 0.05) is 0 Å².